The fourth-order valence-corrected chi connectivity index (χ4v) is 9.39. The maximum Gasteiger partial charge on any atom is 0.164 e. The minimum atomic E-state index is -0.453. The van der Waals surface area contributed by atoms with Crippen LogP contribution in [-0.4, -0.2) is 15.0 Å². The second kappa shape index (κ2) is 12.6. The van der Waals surface area contributed by atoms with E-state index in [2.05, 4.69) is 54.6 Å². The van der Waals surface area contributed by atoms with E-state index >= 15 is 0 Å². The highest BCUT2D eigenvalue weighted by atomic mass is 32.1. The molecule has 0 amide bonds. The van der Waals surface area contributed by atoms with Gasteiger partial charge in [0.2, 0.25) is 0 Å². The summed E-state index contributed by atoms with van der Waals surface area (Å²) in [5, 5.41) is 2.99. The van der Waals surface area contributed by atoms with Crippen molar-refractivity contribution in [1.29, 1.82) is 0 Å². The summed E-state index contributed by atoms with van der Waals surface area (Å²) in [5.74, 6) is 1.37. The third-order valence-electron chi connectivity index (χ3n) is 9.69. The Hall–Kier alpha value is -6.53. The lowest BCUT2D eigenvalue weighted by Gasteiger charge is -2.11. The van der Waals surface area contributed by atoms with Crippen LogP contribution in [0, 0.1) is 0 Å². The number of hydrogen-bond acceptors (Lipinski definition) is 5. The van der Waals surface area contributed by atoms with Crippen LogP contribution in [0.4, 0.5) is 0 Å². The molecule has 0 aliphatic rings. The lowest BCUT2D eigenvalue weighted by atomic mass is 9.95. The zero-order chi connectivity index (χ0) is 43.4. The van der Waals surface area contributed by atoms with Gasteiger partial charge in [0.25, 0.3) is 0 Å². The molecule has 0 unspecified atom stereocenters. The Kier molecular flexibility index (Phi) is 5.40. The monoisotopic (exact) mass is 732 g/mol. The van der Waals surface area contributed by atoms with Crippen molar-refractivity contribution in [2.75, 3.05) is 0 Å². The molecule has 0 spiro atoms. The van der Waals surface area contributed by atoms with Crippen LogP contribution in [0.25, 0.3) is 108 Å². The summed E-state index contributed by atoms with van der Waals surface area (Å²) in [7, 11) is 0. The summed E-state index contributed by atoms with van der Waals surface area (Å²) in [4.78, 5) is 14.9. The second-order valence-corrected chi connectivity index (χ2v) is 15.0. The highest BCUT2D eigenvalue weighted by molar-refractivity contribution is 7.27. The van der Waals surface area contributed by atoms with Crippen molar-refractivity contribution < 1.29 is 12.3 Å². The van der Waals surface area contributed by atoms with Crippen molar-refractivity contribution >= 4 is 73.8 Å². The molecular weight excluding hydrogens is 695 g/mol. The quantitative estimate of drug-likeness (QED) is 0.177. The zero-order valence-electron chi connectivity index (χ0n) is 37.2. The van der Waals surface area contributed by atoms with E-state index in [1.165, 1.54) is 15.6 Å². The topological polar surface area (TPSA) is 38.7 Å². The van der Waals surface area contributed by atoms with Crippen molar-refractivity contribution in [3.05, 3.63) is 176 Å². The van der Waals surface area contributed by atoms with E-state index in [4.69, 9.17) is 25.9 Å². The molecule has 0 bridgehead atoms. The number of nitrogens with zero attached hydrogens (tertiary/aromatic N) is 3. The van der Waals surface area contributed by atoms with Crippen LogP contribution in [0.3, 0.4) is 0 Å². The standard InChI is InChI=1S/C49H29N3S2/c1-3-12-30(13-4-1)35-19-11-21-43-45(35)39-27-26-34(28-44(39)53-43)49-51-47(32-14-5-2-6-15-32)50-48(52-49)33-24-22-31(23-25-33)40-29-41-37-17-9-10-20-42(37)54-46(41)38-18-8-7-16-36(38)40/h1-29H/i7D,8D,9D,10D,16D,17D,18D,20D,29D. The predicted molar refractivity (Wildman–Crippen MR) is 230 cm³/mol. The Bertz CT molecular complexity index is 3720. The fourth-order valence-electron chi connectivity index (χ4n) is 7.15. The summed E-state index contributed by atoms with van der Waals surface area (Å²) in [6, 6.07) is 36.8. The summed E-state index contributed by atoms with van der Waals surface area (Å²) < 4.78 is 81.9. The van der Waals surface area contributed by atoms with Gasteiger partial charge in [-0.1, -0.05) is 151 Å². The van der Waals surface area contributed by atoms with Gasteiger partial charge in [-0.3, -0.25) is 0 Å². The minimum Gasteiger partial charge on any atom is -0.208 e. The SMILES string of the molecule is [2H]c1c([2H])c([2H])c2c(sc3c4c([2H])c([2H])c([2H])c([2H])c4c(-c4ccc(-c5nc(-c6ccccc6)nc(-c6ccc7c(c6)sc6cccc(-c8ccccc8)c67)n5)cc4)c([2H])c32)c1[2H]. The van der Waals surface area contributed by atoms with Gasteiger partial charge < -0.3 is 0 Å². The summed E-state index contributed by atoms with van der Waals surface area (Å²) in [6.07, 6.45) is 0. The molecule has 0 atom stereocenters. The third-order valence-corrected chi connectivity index (χ3v) is 11.9. The van der Waals surface area contributed by atoms with Gasteiger partial charge in [0.1, 0.15) is 0 Å². The molecule has 0 aliphatic carbocycles. The fraction of sp³-hybridized carbons (Fsp3) is 0. The van der Waals surface area contributed by atoms with E-state index in [9.17, 15) is 1.37 Å². The Morgan fingerprint density at radius 3 is 1.74 bits per heavy atom. The van der Waals surface area contributed by atoms with E-state index in [1.54, 1.807) is 23.5 Å². The summed E-state index contributed by atoms with van der Waals surface area (Å²) in [5.41, 5.74) is 5.29. The van der Waals surface area contributed by atoms with E-state index in [0.29, 0.717) is 33.3 Å². The van der Waals surface area contributed by atoms with E-state index in [-0.39, 0.29) is 62.0 Å². The molecule has 0 saturated heterocycles. The lowest BCUT2D eigenvalue weighted by molar-refractivity contribution is 1.07. The molecule has 11 aromatic rings. The largest absolute Gasteiger partial charge is 0.208 e. The van der Waals surface area contributed by atoms with E-state index in [1.807, 2.05) is 54.6 Å². The first-order chi connectivity index (χ1) is 30.5. The van der Waals surface area contributed by atoms with Gasteiger partial charge in [0.15, 0.2) is 17.5 Å². The average molecular weight is 733 g/mol. The van der Waals surface area contributed by atoms with Gasteiger partial charge in [-0.15, -0.1) is 22.7 Å². The molecule has 3 nitrogen and oxygen atoms in total. The van der Waals surface area contributed by atoms with Crippen LogP contribution < -0.4 is 0 Å². The predicted octanol–water partition coefficient (Wildman–Crippen LogP) is 14.1. The summed E-state index contributed by atoms with van der Waals surface area (Å²) in [6.45, 7) is 0. The second-order valence-electron chi connectivity index (χ2n) is 12.9. The highest BCUT2D eigenvalue weighted by Crippen LogP contribution is 2.44. The van der Waals surface area contributed by atoms with Gasteiger partial charge in [-0.25, -0.2) is 15.0 Å². The molecule has 5 heteroatoms. The number of hydrogen-bond donors (Lipinski definition) is 0. The number of benzene rings is 8. The van der Waals surface area contributed by atoms with E-state index in [0.717, 1.165) is 38.1 Å². The van der Waals surface area contributed by atoms with Crippen LogP contribution in [-0.2, 0) is 0 Å². The minimum absolute atomic E-state index is 0.104. The van der Waals surface area contributed by atoms with Crippen molar-refractivity contribution in [2.45, 2.75) is 0 Å². The Morgan fingerprint density at radius 2 is 0.981 bits per heavy atom. The molecule has 252 valence electrons. The first kappa shape index (κ1) is 23.2. The van der Waals surface area contributed by atoms with Crippen molar-refractivity contribution in [2.24, 2.45) is 0 Å². The Morgan fingerprint density at radius 1 is 0.389 bits per heavy atom. The number of rotatable bonds is 5. The van der Waals surface area contributed by atoms with Crippen LogP contribution in [0.5, 0.6) is 0 Å². The van der Waals surface area contributed by atoms with Gasteiger partial charge in [-0.05, 0) is 51.9 Å². The van der Waals surface area contributed by atoms with Gasteiger partial charge in [-0.2, -0.15) is 0 Å². The van der Waals surface area contributed by atoms with Gasteiger partial charge in [0.05, 0.1) is 12.3 Å². The normalized spacial score (nSPS) is 14.0. The third kappa shape index (κ3) is 5.12. The number of aromatic nitrogens is 3. The number of fused-ring (bicyclic) bond motifs is 8. The first-order valence-electron chi connectivity index (χ1n) is 21.8. The molecule has 0 fully saturated rings. The molecule has 0 saturated carbocycles. The Labute approximate surface area is 332 Å². The molecule has 8 aromatic carbocycles. The van der Waals surface area contributed by atoms with Crippen LogP contribution >= 0.6 is 22.7 Å². The van der Waals surface area contributed by atoms with Gasteiger partial charge >= 0.3 is 0 Å². The van der Waals surface area contributed by atoms with Crippen LogP contribution in [0.15, 0.2) is 176 Å². The highest BCUT2D eigenvalue weighted by Gasteiger charge is 2.17. The van der Waals surface area contributed by atoms with E-state index < -0.39 is 24.2 Å². The zero-order valence-corrected chi connectivity index (χ0v) is 29.8. The lowest BCUT2D eigenvalue weighted by Crippen LogP contribution is -2.00. The molecule has 54 heavy (non-hydrogen) atoms. The van der Waals surface area contributed by atoms with Crippen molar-refractivity contribution in [3.63, 3.8) is 0 Å². The van der Waals surface area contributed by atoms with Gasteiger partial charge in [0, 0.05) is 62.4 Å². The molecule has 0 radical (unpaired) electrons. The molecule has 3 heterocycles. The molecule has 11 rings (SSSR count). The molecule has 3 aromatic heterocycles. The molecule has 0 N–H and O–H groups in total. The first-order valence-corrected chi connectivity index (χ1v) is 18.9. The van der Waals surface area contributed by atoms with Crippen molar-refractivity contribution in [1.82, 2.24) is 15.0 Å². The Balaban J connectivity index is 1.09. The molecule has 0 aliphatic heterocycles. The van der Waals surface area contributed by atoms with Crippen LogP contribution in [0.1, 0.15) is 12.3 Å². The summed E-state index contributed by atoms with van der Waals surface area (Å²) >= 11 is 2.73. The molecular formula is C49H29N3S2. The average Bonchev–Trinajstić information content (AvgIpc) is 3.91. The maximum absolute atomic E-state index is 9.62. The number of thiophene rings is 2. The van der Waals surface area contributed by atoms with Crippen molar-refractivity contribution in [3.8, 4) is 56.4 Å². The smallest absolute Gasteiger partial charge is 0.164 e. The van der Waals surface area contributed by atoms with Crippen LogP contribution in [0.2, 0.25) is 0 Å². The maximum atomic E-state index is 9.62.